The number of rotatable bonds is 5. The molecule has 3 N–H and O–H groups in total. The van der Waals surface area contributed by atoms with Crippen LogP contribution in [0.4, 0.5) is 10.5 Å². The Morgan fingerprint density at radius 2 is 1.83 bits per heavy atom. The van der Waals surface area contributed by atoms with E-state index in [1.807, 2.05) is 44.3 Å². The second-order valence-electron chi connectivity index (χ2n) is 5.99. The molecule has 2 rings (SSSR count). The SMILES string of the molecule is CNC(C)CNC(=O)C1CCN(C(=O)Nc2ccccc2)CC1.Cl. The fourth-order valence-electron chi connectivity index (χ4n) is 2.57. The number of hydrogen-bond donors (Lipinski definition) is 3. The molecule has 7 heteroatoms. The van der Waals surface area contributed by atoms with E-state index in [1.165, 1.54) is 0 Å². The third-order valence-corrected chi connectivity index (χ3v) is 4.25. The maximum Gasteiger partial charge on any atom is 0.321 e. The fourth-order valence-corrected chi connectivity index (χ4v) is 2.57. The molecule has 1 aromatic rings. The lowest BCUT2D eigenvalue weighted by Gasteiger charge is -2.31. The summed E-state index contributed by atoms with van der Waals surface area (Å²) in [5.74, 6) is 0.0926. The minimum atomic E-state index is -0.0983. The molecule has 0 saturated carbocycles. The van der Waals surface area contributed by atoms with Crippen LogP contribution in [-0.2, 0) is 4.79 Å². The van der Waals surface area contributed by atoms with E-state index >= 15 is 0 Å². The third kappa shape index (κ3) is 6.02. The van der Waals surface area contributed by atoms with Gasteiger partial charge in [0.1, 0.15) is 0 Å². The average Bonchev–Trinajstić information content (AvgIpc) is 2.60. The summed E-state index contributed by atoms with van der Waals surface area (Å²) in [6.45, 7) is 3.87. The van der Waals surface area contributed by atoms with Gasteiger partial charge in [-0.15, -0.1) is 12.4 Å². The molecule has 134 valence electrons. The standard InChI is InChI=1S/C17H26N4O2.ClH/c1-13(18-2)12-19-16(22)14-8-10-21(11-9-14)17(23)20-15-6-4-3-5-7-15;/h3-7,13-14,18H,8-12H2,1-2H3,(H,19,22)(H,20,23);1H. The lowest BCUT2D eigenvalue weighted by atomic mass is 9.96. The zero-order valence-electron chi connectivity index (χ0n) is 14.2. The van der Waals surface area contributed by atoms with Gasteiger partial charge in [-0.2, -0.15) is 0 Å². The first-order valence-corrected chi connectivity index (χ1v) is 8.16. The second kappa shape index (κ2) is 10.2. The third-order valence-electron chi connectivity index (χ3n) is 4.25. The topological polar surface area (TPSA) is 73.5 Å². The van der Waals surface area contributed by atoms with Crippen LogP contribution in [0, 0.1) is 5.92 Å². The molecule has 1 aliphatic rings. The van der Waals surface area contributed by atoms with Gasteiger partial charge in [0.25, 0.3) is 0 Å². The molecular weight excluding hydrogens is 328 g/mol. The predicted octanol–water partition coefficient (Wildman–Crippen LogP) is 2.08. The maximum absolute atomic E-state index is 12.2. The van der Waals surface area contributed by atoms with Crippen LogP contribution in [0.15, 0.2) is 30.3 Å². The van der Waals surface area contributed by atoms with Crippen molar-refractivity contribution in [3.8, 4) is 0 Å². The zero-order valence-corrected chi connectivity index (χ0v) is 15.1. The highest BCUT2D eigenvalue weighted by molar-refractivity contribution is 5.89. The summed E-state index contributed by atoms with van der Waals surface area (Å²) in [6, 6.07) is 9.57. The number of nitrogens with one attached hydrogen (secondary N) is 3. The molecule has 3 amide bonds. The number of likely N-dealkylation sites (N-methyl/N-ethyl adjacent to an activating group) is 1. The van der Waals surface area contributed by atoms with Gasteiger partial charge < -0.3 is 20.9 Å². The van der Waals surface area contributed by atoms with Crippen LogP contribution in [0.2, 0.25) is 0 Å². The molecule has 0 spiro atoms. The normalized spacial score (nSPS) is 16.0. The van der Waals surface area contributed by atoms with E-state index < -0.39 is 0 Å². The Morgan fingerprint density at radius 1 is 1.21 bits per heavy atom. The lowest BCUT2D eigenvalue weighted by Crippen LogP contribution is -2.46. The van der Waals surface area contributed by atoms with Crippen LogP contribution >= 0.6 is 12.4 Å². The van der Waals surface area contributed by atoms with Crippen molar-refractivity contribution in [1.29, 1.82) is 0 Å². The average molecular weight is 355 g/mol. The van der Waals surface area contributed by atoms with Crippen LogP contribution < -0.4 is 16.0 Å². The lowest BCUT2D eigenvalue weighted by molar-refractivity contribution is -0.126. The summed E-state index contributed by atoms with van der Waals surface area (Å²) in [7, 11) is 1.88. The Morgan fingerprint density at radius 3 is 2.42 bits per heavy atom. The quantitative estimate of drug-likeness (QED) is 0.758. The Bertz CT molecular complexity index is 519. The Kier molecular flexibility index (Phi) is 8.57. The van der Waals surface area contributed by atoms with E-state index in [-0.39, 0.29) is 36.3 Å². The van der Waals surface area contributed by atoms with E-state index in [0.717, 1.165) is 5.69 Å². The van der Waals surface area contributed by atoms with Gasteiger partial charge in [-0.05, 0) is 38.9 Å². The second-order valence-corrected chi connectivity index (χ2v) is 5.99. The predicted molar refractivity (Wildman–Crippen MR) is 98.5 cm³/mol. The minimum Gasteiger partial charge on any atom is -0.354 e. The number of carbonyl (C=O) groups excluding carboxylic acids is 2. The molecule has 1 fully saturated rings. The van der Waals surface area contributed by atoms with Gasteiger partial charge in [0.15, 0.2) is 0 Å². The minimum absolute atomic E-state index is 0. The van der Waals surface area contributed by atoms with Gasteiger partial charge in [0.2, 0.25) is 5.91 Å². The molecule has 0 aliphatic carbocycles. The molecule has 1 unspecified atom stereocenters. The Hall–Kier alpha value is -1.79. The highest BCUT2D eigenvalue weighted by Crippen LogP contribution is 2.18. The fraction of sp³-hybridized carbons (Fsp3) is 0.529. The number of piperidine rings is 1. The number of carbonyl (C=O) groups is 2. The molecule has 1 heterocycles. The molecular formula is C17H27ClN4O2. The summed E-state index contributed by atoms with van der Waals surface area (Å²) in [5.41, 5.74) is 0.790. The van der Waals surface area contributed by atoms with E-state index in [9.17, 15) is 9.59 Å². The molecule has 0 aromatic heterocycles. The van der Waals surface area contributed by atoms with Crippen molar-refractivity contribution in [2.75, 3.05) is 32.0 Å². The van der Waals surface area contributed by atoms with Gasteiger partial charge in [0, 0.05) is 37.3 Å². The summed E-state index contributed by atoms with van der Waals surface area (Å²) < 4.78 is 0. The summed E-state index contributed by atoms with van der Waals surface area (Å²) >= 11 is 0. The van der Waals surface area contributed by atoms with Crippen molar-refractivity contribution >= 4 is 30.0 Å². The molecule has 24 heavy (non-hydrogen) atoms. The number of nitrogens with zero attached hydrogens (tertiary/aromatic N) is 1. The Labute approximate surface area is 149 Å². The monoisotopic (exact) mass is 354 g/mol. The van der Waals surface area contributed by atoms with Gasteiger partial charge >= 0.3 is 6.03 Å². The van der Waals surface area contributed by atoms with Gasteiger partial charge in [-0.1, -0.05) is 18.2 Å². The van der Waals surface area contributed by atoms with Gasteiger partial charge in [-0.25, -0.2) is 4.79 Å². The number of likely N-dealkylation sites (tertiary alicyclic amines) is 1. The number of para-hydroxylation sites is 1. The molecule has 0 bridgehead atoms. The highest BCUT2D eigenvalue weighted by Gasteiger charge is 2.27. The first kappa shape index (κ1) is 20.3. The first-order chi connectivity index (χ1) is 11.1. The maximum atomic E-state index is 12.2. The van der Waals surface area contributed by atoms with Gasteiger partial charge in [0.05, 0.1) is 0 Å². The summed E-state index contributed by atoms with van der Waals surface area (Å²) in [4.78, 5) is 26.1. The van der Waals surface area contributed by atoms with Crippen molar-refractivity contribution in [3.05, 3.63) is 30.3 Å². The number of halogens is 1. The Balaban J connectivity index is 0.00000288. The molecule has 1 aromatic carbocycles. The molecule has 0 radical (unpaired) electrons. The summed E-state index contributed by atoms with van der Waals surface area (Å²) in [5, 5.41) is 8.94. The van der Waals surface area contributed by atoms with Crippen LogP contribution in [0.3, 0.4) is 0 Å². The molecule has 1 saturated heterocycles. The van der Waals surface area contributed by atoms with E-state index in [2.05, 4.69) is 16.0 Å². The van der Waals surface area contributed by atoms with E-state index in [1.54, 1.807) is 4.90 Å². The van der Waals surface area contributed by atoms with E-state index in [4.69, 9.17) is 0 Å². The van der Waals surface area contributed by atoms with Crippen molar-refractivity contribution < 1.29 is 9.59 Å². The number of hydrogen-bond acceptors (Lipinski definition) is 3. The van der Waals surface area contributed by atoms with Crippen LogP contribution in [-0.4, -0.2) is 49.6 Å². The number of anilines is 1. The largest absolute Gasteiger partial charge is 0.354 e. The first-order valence-electron chi connectivity index (χ1n) is 8.16. The molecule has 1 atom stereocenters. The number of urea groups is 1. The van der Waals surface area contributed by atoms with Crippen molar-refractivity contribution in [2.45, 2.75) is 25.8 Å². The van der Waals surface area contributed by atoms with Crippen molar-refractivity contribution in [1.82, 2.24) is 15.5 Å². The highest BCUT2D eigenvalue weighted by atomic mass is 35.5. The molecule has 6 nitrogen and oxygen atoms in total. The zero-order chi connectivity index (χ0) is 16.7. The van der Waals surface area contributed by atoms with Crippen LogP contribution in [0.5, 0.6) is 0 Å². The van der Waals surface area contributed by atoms with Gasteiger partial charge in [-0.3, -0.25) is 4.79 Å². The van der Waals surface area contributed by atoms with Crippen LogP contribution in [0.25, 0.3) is 0 Å². The van der Waals surface area contributed by atoms with Crippen molar-refractivity contribution in [3.63, 3.8) is 0 Å². The number of amides is 3. The molecule has 1 aliphatic heterocycles. The summed E-state index contributed by atoms with van der Waals surface area (Å²) in [6.07, 6.45) is 1.42. The van der Waals surface area contributed by atoms with Crippen molar-refractivity contribution in [2.24, 2.45) is 5.92 Å². The number of benzene rings is 1. The van der Waals surface area contributed by atoms with E-state index in [0.29, 0.717) is 32.5 Å². The smallest absolute Gasteiger partial charge is 0.321 e. The van der Waals surface area contributed by atoms with Crippen LogP contribution in [0.1, 0.15) is 19.8 Å².